The molecule has 4 heterocycles. The van der Waals surface area contributed by atoms with Gasteiger partial charge in [-0.25, -0.2) is 9.97 Å². The van der Waals surface area contributed by atoms with Gasteiger partial charge in [0.15, 0.2) is 0 Å². The molecule has 2 aromatic heterocycles. The summed E-state index contributed by atoms with van der Waals surface area (Å²) in [6.07, 6.45) is 11.8. The van der Waals surface area contributed by atoms with E-state index in [0.29, 0.717) is 25.3 Å². The molecule has 3 aliphatic rings. The molecule has 0 amide bonds. The highest BCUT2D eigenvalue weighted by molar-refractivity contribution is 5.83. The highest BCUT2D eigenvalue weighted by Gasteiger charge is 2.35. The van der Waals surface area contributed by atoms with E-state index in [2.05, 4.69) is 14.8 Å². The minimum absolute atomic E-state index is 0.0460. The summed E-state index contributed by atoms with van der Waals surface area (Å²) >= 11 is 0. The fraction of sp³-hybridized carbons (Fsp3) is 0.576. The van der Waals surface area contributed by atoms with Crippen molar-refractivity contribution in [3.63, 3.8) is 0 Å². The minimum Gasteiger partial charge on any atom is -0.497 e. The molecule has 224 valence electrons. The minimum atomic E-state index is -0.731. The number of aromatic nitrogens is 3. The number of aliphatic hydroxyl groups is 1. The second-order valence-corrected chi connectivity index (χ2v) is 12.4. The quantitative estimate of drug-likeness (QED) is 0.377. The Kier molecular flexibility index (Phi) is 8.86. The summed E-state index contributed by atoms with van der Waals surface area (Å²) in [5, 5.41) is 22.2. The zero-order valence-corrected chi connectivity index (χ0v) is 24.6. The molecule has 2 saturated heterocycles. The second kappa shape index (κ2) is 12.9. The summed E-state index contributed by atoms with van der Waals surface area (Å²) < 4.78 is 5.37. The van der Waals surface area contributed by atoms with Gasteiger partial charge in [-0.15, -0.1) is 0 Å². The lowest BCUT2D eigenvalue weighted by molar-refractivity contribution is -0.146. The fourth-order valence-electron chi connectivity index (χ4n) is 7.29. The number of piperidine rings is 2. The molecule has 3 aromatic rings. The molecule has 42 heavy (non-hydrogen) atoms. The molecule has 2 N–H and O–H groups in total. The van der Waals surface area contributed by atoms with Crippen LogP contribution in [-0.4, -0.2) is 75.9 Å². The average Bonchev–Trinajstić information content (AvgIpc) is 3.03. The first-order chi connectivity index (χ1) is 20.5. The van der Waals surface area contributed by atoms with Crippen molar-refractivity contribution < 1.29 is 19.7 Å². The van der Waals surface area contributed by atoms with Gasteiger partial charge in [0.2, 0.25) is 5.95 Å². The van der Waals surface area contributed by atoms with Crippen LogP contribution in [0, 0.1) is 17.8 Å². The molecule has 0 spiro atoms. The normalized spacial score (nSPS) is 23.9. The molecule has 1 aliphatic carbocycles. The third-order valence-electron chi connectivity index (χ3n) is 9.70. The van der Waals surface area contributed by atoms with Crippen molar-refractivity contribution in [1.82, 2.24) is 19.9 Å². The fourth-order valence-corrected chi connectivity index (χ4v) is 7.29. The van der Waals surface area contributed by atoms with E-state index in [4.69, 9.17) is 14.7 Å². The van der Waals surface area contributed by atoms with Gasteiger partial charge in [-0.2, -0.15) is 0 Å². The molecule has 2 aliphatic heterocycles. The molecule has 4 atom stereocenters. The summed E-state index contributed by atoms with van der Waals surface area (Å²) in [6, 6.07) is 7.52. The number of pyridine rings is 1. The number of fused-ring (bicyclic) bond motifs is 2. The number of likely N-dealkylation sites (tertiary alicyclic amines) is 1. The number of hydrogen-bond acceptors (Lipinski definition) is 8. The molecule has 6 rings (SSSR count). The molecular weight excluding hydrogens is 530 g/mol. The first-order valence-corrected chi connectivity index (χ1v) is 15.6. The van der Waals surface area contributed by atoms with Crippen LogP contribution in [0.4, 0.5) is 5.95 Å². The lowest BCUT2D eigenvalue weighted by Gasteiger charge is -2.39. The second-order valence-electron chi connectivity index (χ2n) is 12.4. The van der Waals surface area contributed by atoms with E-state index in [-0.39, 0.29) is 5.92 Å². The van der Waals surface area contributed by atoms with Gasteiger partial charge in [0, 0.05) is 49.7 Å². The van der Waals surface area contributed by atoms with Crippen molar-refractivity contribution in [3.8, 4) is 5.75 Å². The number of aliphatic carboxylic acids is 1. The van der Waals surface area contributed by atoms with Gasteiger partial charge in [-0.1, -0.05) is 0 Å². The Bertz CT molecular complexity index is 1390. The van der Waals surface area contributed by atoms with Gasteiger partial charge in [0.25, 0.3) is 0 Å². The predicted octanol–water partition coefficient (Wildman–Crippen LogP) is 4.67. The monoisotopic (exact) mass is 573 g/mol. The highest BCUT2D eigenvalue weighted by atomic mass is 16.5. The number of carboxylic acid groups (broad SMARTS) is 1. The van der Waals surface area contributed by atoms with Crippen molar-refractivity contribution in [2.45, 2.75) is 63.9 Å². The van der Waals surface area contributed by atoms with Crippen molar-refractivity contribution >= 4 is 22.8 Å². The van der Waals surface area contributed by atoms with E-state index in [1.807, 2.05) is 30.5 Å². The van der Waals surface area contributed by atoms with Crippen LogP contribution in [-0.2, 0) is 17.6 Å². The third kappa shape index (κ3) is 6.37. The third-order valence-corrected chi connectivity index (χ3v) is 9.70. The SMILES string of the molecule is COc1ccc2nccc(C(O)CC[C@@H]3CCN(CC4CCc5nc(N6CCCCC6)ncc5C4)C[C@@H]3C(=O)O)c2c1. The maximum atomic E-state index is 12.4. The van der Waals surface area contributed by atoms with Crippen molar-refractivity contribution in [3.05, 3.63) is 53.5 Å². The van der Waals surface area contributed by atoms with E-state index in [9.17, 15) is 15.0 Å². The van der Waals surface area contributed by atoms with E-state index < -0.39 is 18.0 Å². The van der Waals surface area contributed by atoms with Crippen LogP contribution >= 0.6 is 0 Å². The van der Waals surface area contributed by atoms with Crippen LogP contribution in [0.25, 0.3) is 10.9 Å². The zero-order valence-electron chi connectivity index (χ0n) is 24.6. The Morgan fingerprint density at radius 2 is 1.98 bits per heavy atom. The summed E-state index contributed by atoms with van der Waals surface area (Å²) in [5.74, 6) is 0.993. The Morgan fingerprint density at radius 1 is 1.12 bits per heavy atom. The molecule has 0 bridgehead atoms. The molecule has 9 heteroatoms. The Labute approximate surface area is 247 Å². The van der Waals surface area contributed by atoms with Crippen LogP contribution in [0.3, 0.4) is 0 Å². The average molecular weight is 574 g/mol. The van der Waals surface area contributed by atoms with Crippen molar-refractivity contribution in [1.29, 1.82) is 0 Å². The first-order valence-electron chi connectivity index (χ1n) is 15.6. The number of carboxylic acids is 1. The molecule has 0 radical (unpaired) electrons. The topological polar surface area (TPSA) is 112 Å². The Balaban J connectivity index is 1.04. The van der Waals surface area contributed by atoms with Crippen LogP contribution in [0.5, 0.6) is 5.75 Å². The van der Waals surface area contributed by atoms with Gasteiger partial charge in [0.05, 0.1) is 24.6 Å². The van der Waals surface area contributed by atoms with E-state index in [1.54, 1.807) is 13.3 Å². The molecule has 1 aromatic carbocycles. The number of anilines is 1. The largest absolute Gasteiger partial charge is 0.497 e. The number of rotatable bonds is 9. The Hall–Kier alpha value is -3.30. The van der Waals surface area contributed by atoms with Crippen LogP contribution in [0.15, 0.2) is 36.7 Å². The molecule has 0 saturated carbocycles. The summed E-state index contributed by atoms with van der Waals surface area (Å²) in [4.78, 5) is 31.1. The molecule has 9 nitrogen and oxygen atoms in total. The summed E-state index contributed by atoms with van der Waals surface area (Å²) in [5.41, 5.74) is 4.08. The van der Waals surface area contributed by atoms with E-state index in [1.165, 1.54) is 30.5 Å². The molecule has 2 fully saturated rings. The smallest absolute Gasteiger partial charge is 0.308 e. The van der Waals surface area contributed by atoms with Crippen LogP contribution in [0.1, 0.15) is 67.9 Å². The number of methoxy groups -OCH3 is 1. The van der Waals surface area contributed by atoms with Gasteiger partial charge < -0.3 is 24.7 Å². The van der Waals surface area contributed by atoms with Gasteiger partial charge in [-0.3, -0.25) is 9.78 Å². The molecular formula is C33H43N5O4. The van der Waals surface area contributed by atoms with Gasteiger partial charge in [0.1, 0.15) is 5.75 Å². The highest BCUT2D eigenvalue weighted by Crippen LogP contribution is 2.35. The van der Waals surface area contributed by atoms with Crippen LogP contribution < -0.4 is 9.64 Å². The van der Waals surface area contributed by atoms with Crippen molar-refractivity contribution in [2.24, 2.45) is 17.8 Å². The number of ether oxygens (including phenoxy) is 1. The van der Waals surface area contributed by atoms with Crippen molar-refractivity contribution in [2.75, 3.05) is 44.7 Å². The number of aliphatic hydroxyl groups excluding tert-OH is 1. The zero-order chi connectivity index (χ0) is 29.1. The predicted molar refractivity (Wildman–Crippen MR) is 162 cm³/mol. The first kappa shape index (κ1) is 28.8. The summed E-state index contributed by atoms with van der Waals surface area (Å²) in [6.45, 7) is 4.48. The van der Waals surface area contributed by atoms with Crippen LogP contribution in [0.2, 0.25) is 0 Å². The Morgan fingerprint density at radius 3 is 2.79 bits per heavy atom. The number of nitrogens with zero attached hydrogens (tertiary/aromatic N) is 5. The number of aryl methyl sites for hydroxylation is 1. The van der Waals surface area contributed by atoms with Gasteiger partial charge in [-0.05, 0) is 112 Å². The number of carbonyl (C=O) groups is 1. The summed E-state index contributed by atoms with van der Waals surface area (Å²) in [7, 11) is 1.62. The lowest BCUT2D eigenvalue weighted by atomic mass is 9.80. The number of hydrogen-bond donors (Lipinski definition) is 2. The van der Waals surface area contributed by atoms with Gasteiger partial charge >= 0.3 is 5.97 Å². The van der Waals surface area contributed by atoms with E-state index >= 15 is 0 Å². The standard InChI is InChI=1S/C33H43N5O4/c1-42-25-7-9-30-27(18-25)26(11-13-34-30)31(39)10-6-23-12-16-37(21-28(23)32(40)41)20-22-5-8-29-24(17-22)19-35-33(36-29)38-14-3-2-4-15-38/h7,9,11,13,18-19,22-23,28,31,39H,2-6,8,10,12,14-17,20-21H2,1H3,(H,40,41)/t22?,23-,28+,31?/m1/s1. The number of benzene rings is 1. The lowest BCUT2D eigenvalue weighted by Crippen LogP contribution is -2.46. The molecule has 2 unspecified atom stereocenters. The maximum Gasteiger partial charge on any atom is 0.308 e. The van der Waals surface area contributed by atoms with E-state index in [0.717, 1.165) is 80.0 Å². The maximum absolute atomic E-state index is 12.4.